The molecule has 0 aliphatic heterocycles. The Morgan fingerprint density at radius 3 is 1.81 bits per heavy atom. The average Bonchev–Trinajstić information content (AvgIpc) is 2.63. The quantitative estimate of drug-likeness (QED) is 0.442. The van der Waals surface area contributed by atoms with E-state index >= 15 is 0 Å². The summed E-state index contributed by atoms with van der Waals surface area (Å²) in [7, 11) is 0. The molecule has 0 aromatic heterocycles. The molecule has 1 fully saturated rings. The molecule has 0 bridgehead atoms. The Morgan fingerprint density at radius 2 is 1.42 bits per heavy atom. The summed E-state index contributed by atoms with van der Waals surface area (Å²) in [6.07, 6.45) is 1.50. The fourth-order valence-electron chi connectivity index (χ4n) is 3.27. The van der Waals surface area contributed by atoms with E-state index in [1.165, 1.54) is 34.1 Å². The number of hydrogen-bond donors (Lipinski definition) is 1. The fourth-order valence-corrected chi connectivity index (χ4v) is 3.27. The van der Waals surface area contributed by atoms with E-state index in [9.17, 15) is 19.2 Å². The Bertz CT molecular complexity index is 568. The molecule has 31 heavy (non-hydrogen) atoms. The molecule has 1 N–H and O–H groups in total. The third kappa shape index (κ3) is 13.7. The first-order valence-corrected chi connectivity index (χ1v) is 10.7. The highest BCUT2D eigenvalue weighted by atomic mass is 16.6. The number of aliphatic hydroxyl groups is 1. The van der Waals surface area contributed by atoms with E-state index in [0.29, 0.717) is 17.8 Å². The Hall–Kier alpha value is -2.16. The van der Waals surface area contributed by atoms with E-state index in [4.69, 9.17) is 14.6 Å². The number of rotatable bonds is 8. The van der Waals surface area contributed by atoms with Gasteiger partial charge in [-0.3, -0.25) is 14.4 Å². The van der Waals surface area contributed by atoms with Crippen LogP contribution >= 0.6 is 0 Å². The number of aliphatic hydroxyl groups excluding tert-OH is 1. The molecule has 0 spiro atoms. The fraction of sp³-hybridized carbons (Fsp3) is 0.818. The van der Waals surface area contributed by atoms with Crippen LogP contribution in [0.2, 0.25) is 0 Å². The van der Waals surface area contributed by atoms with Gasteiger partial charge in [-0.2, -0.15) is 0 Å². The van der Waals surface area contributed by atoms with Gasteiger partial charge in [-0.25, -0.2) is 4.79 Å². The van der Waals surface area contributed by atoms with E-state index in [2.05, 4.69) is 30.2 Å². The van der Waals surface area contributed by atoms with Crippen molar-refractivity contribution in [2.45, 2.75) is 86.0 Å². The zero-order valence-corrected chi connectivity index (χ0v) is 19.7. The van der Waals surface area contributed by atoms with Crippen molar-refractivity contribution in [3.63, 3.8) is 0 Å². The number of carbonyl (C=O) groups is 4. The van der Waals surface area contributed by atoms with Crippen molar-refractivity contribution in [2.75, 3.05) is 13.2 Å². The number of esters is 4. The van der Waals surface area contributed by atoms with Crippen LogP contribution in [-0.4, -0.2) is 60.5 Å². The molecule has 180 valence electrons. The molecule has 1 saturated carbocycles. The highest BCUT2D eigenvalue weighted by Gasteiger charge is 2.33. The second-order valence-corrected chi connectivity index (χ2v) is 8.31. The summed E-state index contributed by atoms with van der Waals surface area (Å²) < 4.78 is 19.4. The molecule has 0 aromatic rings. The van der Waals surface area contributed by atoms with Gasteiger partial charge in [-0.05, 0) is 37.5 Å². The van der Waals surface area contributed by atoms with E-state index in [-0.39, 0.29) is 19.3 Å². The lowest BCUT2D eigenvalue weighted by Gasteiger charge is -2.36. The molecule has 0 saturated heterocycles. The maximum absolute atomic E-state index is 11.4. The molecular formula is C22H38O9. The first-order chi connectivity index (χ1) is 14.3. The van der Waals surface area contributed by atoms with Crippen molar-refractivity contribution in [1.82, 2.24) is 0 Å². The molecule has 1 rings (SSSR count). The first-order valence-electron chi connectivity index (χ1n) is 10.7. The Kier molecular flexibility index (Phi) is 13.7. The molecule has 0 aromatic carbocycles. The summed E-state index contributed by atoms with van der Waals surface area (Å²) in [6.45, 7) is 11.4. The maximum Gasteiger partial charge on any atom is 0.334 e. The molecule has 0 heterocycles. The molecule has 9 nitrogen and oxygen atoms in total. The summed E-state index contributed by atoms with van der Waals surface area (Å²) >= 11 is 0. The molecular weight excluding hydrogens is 408 g/mol. The third-order valence-electron chi connectivity index (χ3n) is 4.85. The van der Waals surface area contributed by atoms with Crippen molar-refractivity contribution in [3.05, 3.63) is 0 Å². The van der Waals surface area contributed by atoms with Gasteiger partial charge in [0.2, 0.25) is 0 Å². The lowest BCUT2D eigenvalue weighted by molar-refractivity contribution is -0.165. The van der Waals surface area contributed by atoms with Crippen LogP contribution in [0.25, 0.3) is 0 Å². The van der Waals surface area contributed by atoms with Crippen LogP contribution in [-0.2, 0) is 38.1 Å². The predicted molar refractivity (Wildman–Crippen MR) is 112 cm³/mol. The number of carbonyl (C=O) groups excluding carboxylic acids is 4. The van der Waals surface area contributed by atoms with Crippen LogP contribution < -0.4 is 0 Å². The van der Waals surface area contributed by atoms with Crippen LogP contribution in [0.1, 0.15) is 67.7 Å². The summed E-state index contributed by atoms with van der Waals surface area (Å²) in [5.41, 5.74) is 0. The topological polar surface area (TPSA) is 125 Å². The lowest BCUT2D eigenvalue weighted by atomic mass is 9.75. The Morgan fingerprint density at radius 1 is 0.903 bits per heavy atom. The van der Waals surface area contributed by atoms with Gasteiger partial charge < -0.3 is 24.1 Å². The van der Waals surface area contributed by atoms with Crippen molar-refractivity contribution >= 4 is 23.9 Å². The van der Waals surface area contributed by atoms with Crippen molar-refractivity contribution in [1.29, 1.82) is 0 Å². The molecule has 4 unspecified atom stereocenters. The standard InChI is InChI=1S/C13H24O3.C9H14O6/c1-8(2)11-6-5-9(3)7-12(11)16-13(15)10(4)14;1-6(10)13-4-9(15-8(3)12)5-14-7(2)11/h8-12,14H,5-7H2,1-4H3;9H,4-5H2,1-3H3. The SMILES string of the molecule is CC(=O)OCC(COC(C)=O)OC(C)=O.CC1CCC(C(C)C)C(OC(=O)C(C)O)C1. The van der Waals surface area contributed by atoms with Crippen molar-refractivity contribution < 1.29 is 43.2 Å². The monoisotopic (exact) mass is 446 g/mol. The van der Waals surface area contributed by atoms with Gasteiger partial charge in [-0.1, -0.05) is 27.2 Å². The predicted octanol–water partition coefficient (Wildman–Crippen LogP) is 2.42. The second kappa shape index (κ2) is 14.8. The van der Waals surface area contributed by atoms with Crippen molar-refractivity contribution in [2.24, 2.45) is 17.8 Å². The van der Waals surface area contributed by atoms with Gasteiger partial charge in [0.15, 0.2) is 6.10 Å². The Labute approximate surface area is 184 Å². The van der Waals surface area contributed by atoms with Gasteiger partial charge >= 0.3 is 23.9 Å². The lowest BCUT2D eigenvalue weighted by Crippen LogP contribution is -2.37. The first kappa shape index (κ1) is 28.8. The van der Waals surface area contributed by atoms with E-state index in [0.717, 1.165) is 12.8 Å². The maximum atomic E-state index is 11.4. The van der Waals surface area contributed by atoms with Gasteiger partial charge in [0, 0.05) is 20.8 Å². The summed E-state index contributed by atoms with van der Waals surface area (Å²) in [5, 5.41) is 9.17. The number of ether oxygens (including phenoxy) is 4. The minimum Gasteiger partial charge on any atom is -0.462 e. The third-order valence-corrected chi connectivity index (χ3v) is 4.85. The van der Waals surface area contributed by atoms with Crippen LogP contribution in [0.5, 0.6) is 0 Å². The summed E-state index contributed by atoms with van der Waals surface area (Å²) in [6, 6.07) is 0. The van der Waals surface area contributed by atoms with Crippen LogP contribution in [0.4, 0.5) is 0 Å². The molecule has 1 aliphatic carbocycles. The van der Waals surface area contributed by atoms with E-state index < -0.39 is 36.1 Å². The minimum atomic E-state index is -1.01. The largest absolute Gasteiger partial charge is 0.462 e. The van der Waals surface area contributed by atoms with Crippen LogP contribution in [0.3, 0.4) is 0 Å². The van der Waals surface area contributed by atoms with Gasteiger partial charge in [0.25, 0.3) is 0 Å². The van der Waals surface area contributed by atoms with Crippen LogP contribution in [0, 0.1) is 17.8 Å². The zero-order chi connectivity index (χ0) is 24.1. The van der Waals surface area contributed by atoms with Gasteiger partial charge in [-0.15, -0.1) is 0 Å². The highest BCUT2D eigenvalue weighted by Crippen LogP contribution is 2.35. The normalized spacial score (nSPS) is 21.4. The van der Waals surface area contributed by atoms with Crippen LogP contribution in [0.15, 0.2) is 0 Å². The summed E-state index contributed by atoms with van der Waals surface area (Å²) in [4.78, 5) is 43.1. The molecule has 9 heteroatoms. The molecule has 4 atom stereocenters. The highest BCUT2D eigenvalue weighted by molar-refractivity contribution is 5.74. The molecule has 1 aliphatic rings. The summed E-state index contributed by atoms with van der Waals surface area (Å²) in [5.74, 6) is -0.408. The molecule has 0 radical (unpaired) electrons. The zero-order valence-electron chi connectivity index (χ0n) is 19.7. The van der Waals surface area contributed by atoms with Crippen molar-refractivity contribution in [3.8, 4) is 0 Å². The molecule has 0 amide bonds. The Balaban J connectivity index is 0.000000582. The smallest absolute Gasteiger partial charge is 0.334 e. The van der Waals surface area contributed by atoms with E-state index in [1.807, 2.05) is 0 Å². The average molecular weight is 447 g/mol. The minimum absolute atomic E-state index is 0.00847. The van der Waals surface area contributed by atoms with E-state index in [1.54, 1.807) is 0 Å². The second-order valence-electron chi connectivity index (χ2n) is 8.31. The van der Waals surface area contributed by atoms with Gasteiger partial charge in [0.05, 0.1) is 0 Å². The number of hydrogen-bond acceptors (Lipinski definition) is 9. The van der Waals surface area contributed by atoms with Gasteiger partial charge in [0.1, 0.15) is 25.4 Å².